The fourth-order valence-corrected chi connectivity index (χ4v) is 5.18. The Labute approximate surface area is 274 Å². The van der Waals surface area contributed by atoms with Crippen molar-refractivity contribution in [3.05, 3.63) is 71.8 Å². The van der Waals surface area contributed by atoms with Gasteiger partial charge in [0.25, 0.3) is 0 Å². The maximum atomic E-state index is 15.4. The molecule has 10 heteroatoms. The molecule has 4 rings (SSSR count). The highest BCUT2D eigenvalue weighted by atomic mass is 19.1. The highest BCUT2D eigenvalue weighted by Gasteiger charge is 2.51. The summed E-state index contributed by atoms with van der Waals surface area (Å²) >= 11 is 0. The summed E-state index contributed by atoms with van der Waals surface area (Å²) < 4.78 is 21.3. The standard InChI is InChI=1S/C29H36FN5O3.C4H5N.C3H8/c1-5-6-7-12-34(24-13-21(15-31)9-8-20(24)2)18-22-14-29(11-10-23(22)30)19-35(27(36)38-29)26-17-32-25(16-33-26)28(3,4)37;1-4(2)3-5;1-3-2/h7-9,12-13,16-17,22-23,37H,5-6,10-11,14,18-19H2,1-4H3;1H2,2H3;3H2,1-2H3/b12-7+;;/t22?,23?,29-;;/m0../s1. The van der Waals surface area contributed by atoms with Crippen molar-refractivity contribution in [1.29, 1.82) is 10.5 Å². The highest BCUT2D eigenvalue weighted by Crippen LogP contribution is 2.43. The van der Waals surface area contributed by atoms with E-state index in [9.17, 15) is 15.2 Å². The van der Waals surface area contributed by atoms with E-state index in [0.29, 0.717) is 48.5 Å². The van der Waals surface area contributed by atoms with E-state index in [2.05, 4.69) is 49.5 Å². The summed E-state index contributed by atoms with van der Waals surface area (Å²) in [5.41, 5.74) is 1.41. The molecule has 2 fully saturated rings. The van der Waals surface area contributed by atoms with Crippen molar-refractivity contribution in [2.45, 2.75) is 104 Å². The van der Waals surface area contributed by atoms with Gasteiger partial charge >= 0.3 is 6.09 Å². The minimum absolute atomic E-state index is 0.264. The Morgan fingerprint density at radius 3 is 2.50 bits per heavy atom. The molecule has 248 valence electrons. The minimum Gasteiger partial charge on any atom is -0.441 e. The van der Waals surface area contributed by atoms with Crippen LogP contribution in [0.3, 0.4) is 0 Å². The predicted octanol–water partition coefficient (Wildman–Crippen LogP) is 8.04. The number of amides is 1. The molecule has 0 bridgehead atoms. The van der Waals surface area contributed by atoms with Crippen molar-refractivity contribution in [3.63, 3.8) is 0 Å². The predicted molar refractivity (Wildman–Crippen MR) is 180 cm³/mol. The van der Waals surface area contributed by atoms with E-state index >= 15 is 4.39 Å². The van der Waals surface area contributed by atoms with Crippen LogP contribution in [0.25, 0.3) is 0 Å². The largest absolute Gasteiger partial charge is 0.441 e. The molecular weight excluding hydrogens is 583 g/mol. The third kappa shape index (κ3) is 10.7. The average Bonchev–Trinajstić information content (AvgIpc) is 3.34. The van der Waals surface area contributed by atoms with Gasteiger partial charge in [0.2, 0.25) is 0 Å². The van der Waals surface area contributed by atoms with Crippen molar-refractivity contribution in [1.82, 2.24) is 9.97 Å². The lowest BCUT2D eigenvalue weighted by molar-refractivity contribution is -0.0183. The van der Waals surface area contributed by atoms with Gasteiger partial charge in [-0.2, -0.15) is 10.5 Å². The molecule has 2 heterocycles. The Morgan fingerprint density at radius 1 is 1.28 bits per heavy atom. The van der Waals surface area contributed by atoms with Gasteiger partial charge in [-0.05, 0) is 71.1 Å². The van der Waals surface area contributed by atoms with E-state index in [1.165, 1.54) is 23.7 Å². The van der Waals surface area contributed by atoms with Crippen molar-refractivity contribution in [2.75, 3.05) is 22.9 Å². The number of aromatic nitrogens is 2. The maximum Gasteiger partial charge on any atom is 0.416 e. The van der Waals surface area contributed by atoms with Crippen molar-refractivity contribution >= 4 is 17.6 Å². The number of hydrogen-bond donors (Lipinski definition) is 1. The minimum atomic E-state index is -1.15. The first-order chi connectivity index (χ1) is 21.7. The van der Waals surface area contributed by atoms with Crippen molar-refractivity contribution in [2.24, 2.45) is 5.92 Å². The number of carbonyl (C=O) groups excluding carboxylic acids is 1. The van der Waals surface area contributed by atoms with Gasteiger partial charge < -0.3 is 14.7 Å². The molecule has 1 aliphatic heterocycles. The van der Waals surface area contributed by atoms with E-state index in [4.69, 9.17) is 10.00 Å². The summed E-state index contributed by atoms with van der Waals surface area (Å²) in [6.45, 7) is 17.2. The van der Waals surface area contributed by atoms with E-state index in [1.807, 2.05) is 36.2 Å². The summed E-state index contributed by atoms with van der Waals surface area (Å²) in [7, 11) is 0. The first-order valence-electron chi connectivity index (χ1n) is 15.9. The third-order valence-corrected chi connectivity index (χ3v) is 7.54. The molecule has 1 amide bonds. The van der Waals surface area contributed by atoms with Crippen LogP contribution in [-0.4, -0.2) is 46.0 Å². The van der Waals surface area contributed by atoms with Crippen LogP contribution < -0.4 is 9.80 Å². The van der Waals surface area contributed by atoms with Crippen LogP contribution in [0.15, 0.2) is 55.0 Å². The number of aryl methyl sites for hydroxylation is 1. The number of nitrogens with zero attached hydrogens (tertiary/aromatic N) is 6. The van der Waals surface area contributed by atoms with Crippen LogP contribution in [0.4, 0.5) is 20.7 Å². The Bertz CT molecular complexity index is 1420. The molecule has 1 N–H and O–H groups in total. The molecule has 1 saturated carbocycles. The smallest absolute Gasteiger partial charge is 0.416 e. The van der Waals surface area contributed by atoms with Gasteiger partial charge in [-0.15, -0.1) is 0 Å². The summed E-state index contributed by atoms with van der Waals surface area (Å²) in [6.07, 6.45) is 9.61. The van der Waals surface area contributed by atoms with Crippen LogP contribution in [-0.2, 0) is 10.3 Å². The average molecular weight is 633 g/mol. The number of hydrogen-bond acceptors (Lipinski definition) is 8. The first-order valence-corrected chi connectivity index (χ1v) is 15.9. The topological polar surface area (TPSA) is 126 Å². The molecule has 2 unspecified atom stereocenters. The lowest BCUT2D eigenvalue weighted by Crippen LogP contribution is -2.46. The lowest BCUT2D eigenvalue weighted by Gasteiger charge is -2.40. The van der Waals surface area contributed by atoms with Gasteiger partial charge in [-0.3, -0.25) is 9.88 Å². The number of aliphatic hydroxyl groups is 1. The molecule has 3 atom stereocenters. The zero-order valence-electron chi connectivity index (χ0n) is 28.4. The molecule has 1 aliphatic carbocycles. The highest BCUT2D eigenvalue weighted by molar-refractivity contribution is 5.89. The number of carbonyl (C=O) groups is 1. The molecule has 1 spiro atoms. The van der Waals surface area contributed by atoms with Crippen LogP contribution >= 0.6 is 0 Å². The number of halogens is 1. The Hall–Kier alpha value is -4.28. The van der Waals surface area contributed by atoms with Gasteiger partial charge in [-0.25, -0.2) is 14.2 Å². The number of nitriles is 2. The Morgan fingerprint density at radius 2 is 1.96 bits per heavy atom. The van der Waals surface area contributed by atoms with Gasteiger partial charge in [0.15, 0.2) is 5.82 Å². The van der Waals surface area contributed by atoms with E-state index in [-0.39, 0.29) is 12.5 Å². The molecule has 46 heavy (non-hydrogen) atoms. The molecule has 1 saturated heterocycles. The van der Waals surface area contributed by atoms with Crippen LogP contribution in [0.5, 0.6) is 0 Å². The van der Waals surface area contributed by atoms with E-state index < -0.39 is 23.5 Å². The van der Waals surface area contributed by atoms with Gasteiger partial charge in [0, 0.05) is 29.9 Å². The van der Waals surface area contributed by atoms with Crippen molar-refractivity contribution in [3.8, 4) is 12.1 Å². The Balaban J connectivity index is 0.000000825. The van der Waals surface area contributed by atoms with E-state index in [1.54, 1.807) is 26.8 Å². The lowest BCUT2D eigenvalue weighted by atomic mass is 9.76. The summed E-state index contributed by atoms with van der Waals surface area (Å²) in [4.78, 5) is 24.9. The number of unbranched alkanes of at least 4 members (excludes halogenated alkanes) is 1. The second-order valence-corrected chi connectivity index (χ2v) is 12.5. The zero-order valence-corrected chi connectivity index (χ0v) is 28.4. The normalized spacial score (nSPS) is 20.5. The molecule has 0 radical (unpaired) electrons. The second-order valence-electron chi connectivity index (χ2n) is 12.5. The molecule has 2 aliphatic rings. The second kappa shape index (κ2) is 17.4. The van der Waals surface area contributed by atoms with Gasteiger partial charge in [0.05, 0.1) is 42.3 Å². The summed E-state index contributed by atoms with van der Waals surface area (Å²) in [6, 6.07) is 9.55. The molecule has 9 nitrogen and oxygen atoms in total. The SMILES string of the molecule is C=C(C)C#N.CCC.CCC/C=C/N(CC1C[C@@]2(CCC1F)CN(c1cnc(C(C)(C)O)cn1)C(=O)O2)c1cc(C#N)ccc1C. The monoisotopic (exact) mass is 632 g/mol. The first kappa shape index (κ1) is 37.9. The summed E-state index contributed by atoms with van der Waals surface area (Å²) in [5.74, 6) is -0.0385. The third-order valence-electron chi connectivity index (χ3n) is 7.54. The quantitative estimate of drug-likeness (QED) is 0.290. The zero-order chi connectivity index (χ0) is 34.5. The number of alkyl halides is 1. The number of benzene rings is 1. The van der Waals surface area contributed by atoms with Gasteiger partial charge in [0.1, 0.15) is 17.4 Å². The summed E-state index contributed by atoms with van der Waals surface area (Å²) in [5, 5.41) is 27.4. The fraction of sp³-hybridized carbons (Fsp3) is 0.528. The fourth-order valence-electron chi connectivity index (χ4n) is 5.18. The van der Waals surface area contributed by atoms with Gasteiger partial charge in [-0.1, -0.05) is 52.3 Å². The Kier molecular flexibility index (Phi) is 14.4. The number of anilines is 2. The number of rotatable bonds is 8. The van der Waals surface area contributed by atoms with Crippen molar-refractivity contribution < 1.29 is 19.0 Å². The van der Waals surface area contributed by atoms with Crippen LogP contribution in [0.1, 0.15) is 96.9 Å². The number of ether oxygens (including phenoxy) is 1. The van der Waals surface area contributed by atoms with Crippen LogP contribution in [0.2, 0.25) is 0 Å². The maximum absolute atomic E-state index is 15.4. The van der Waals surface area contributed by atoms with E-state index in [0.717, 1.165) is 24.1 Å². The molecule has 2 aromatic rings. The molecule has 1 aromatic carbocycles. The van der Waals surface area contributed by atoms with Crippen LogP contribution in [0, 0.1) is 35.5 Å². The molecule has 1 aromatic heterocycles. The number of allylic oxidation sites excluding steroid dienone is 2. The molecular formula is C36H49FN6O3.